The van der Waals surface area contributed by atoms with Gasteiger partial charge in [-0.2, -0.15) is 0 Å². The number of fused-ring (bicyclic) bond motifs is 1. The molecule has 0 bridgehead atoms. The number of carbonyl (C=O) groups excluding carboxylic acids is 2. The van der Waals surface area contributed by atoms with E-state index in [0.29, 0.717) is 23.1 Å². The molecule has 0 atom stereocenters. The summed E-state index contributed by atoms with van der Waals surface area (Å²) in [6.07, 6.45) is 0.746. The maximum atomic E-state index is 12.5. The van der Waals surface area contributed by atoms with Gasteiger partial charge in [0.1, 0.15) is 5.82 Å². The van der Waals surface area contributed by atoms with Crippen molar-refractivity contribution < 1.29 is 14.3 Å². The van der Waals surface area contributed by atoms with Gasteiger partial charge in [0.25, 0.3) is 17.4 Å². The van der Waals surface area contributed by atoms with Crippen LogP contribution in [0.1, 0.15) is 34.1 Å². The monoisotopic (exact) mass is 347 g/mol. The number of carbonyl (C=O) groups is 2. The summed E-state index contributed by atoms with van der Waals surface area (Å²) in [5, 5.41) is 2.44. The summed E-state index contributed by atoms with van der Waals surface area (Å²) < 4.78 is 6.75. The van der Waals surface area contributed by atoms with Gasteiger partial charge in [0.2, 0.25) is 0 Å². The summed E-state index contributed by atoms with van der Waals surface area (Å²) in [6.45, 7) is 2.33. The number of hydrogen-bond acceptors (Lipinski definition) is 5. The Morgan fingerprint density at radius 3 is 2.71 bits per heavy atom. The van der Waals surface area contributed by atoms with E-state index in [2.05, 4.69) is 5.32 Å². The lowest BCUT2D eigenvalue weighted by atomic mass is 10.1. The van der Waals surface area contributed by atoms with Gasteiger partial charge >= 0.3 is 0 Å². The van der Waals surface area contributed by atoms with Crippen molar-refractivity contribution in [1.29, 1.82) is 0 Å². The maximum Gasteiger partial charge on any atom is 0.262 e. The molecule has 1 aromatic carbocycles. The highest BCUT2D eigenvalue weighted by Crippen LogP contribution is 2.33. The number of anilines is 1. The van der Waals surface area contributed by atoms with Gasteiger partial charge in [-0.05, 0) is 18.6 Å². The maximum absolute atomic E-state index is 12.5. The lowest BCUT2D eigenvalue weighted by molar-refractivity contribution is 0.0880. The topological polar surface area (TPSA) is 103 Å². The minimum atomic E-state index is -0.640. The summed E-state index contributed by atoms with van der Waals surface area (Å²) in [4.78, 5) is 36.1. The van der Waals surface area contributed by atoms with Gasteiger partial charge < -0.3 is 10.5 Å². The van der Waals surface area contributed by atoms with Crippen molar-refractivity contribution in [1.82, 2.24) is 9.88 Å². The van der Waals surface area contributed by atoms with E-state index in [1.165, 1.54) is 0 Å². The summed E-state index contributed by atoms with van der Waals surface area (Å²) in [5.41, 5.74) is 5.72. The number of hydrogen-bond donors (Lipinski definition) is 2. The van der Waals surface area contributed by atoms with E-state index in [0.717, 1.165) is 17.1 Å². The molecule has 8 heteroatoms. The average Bonchev–Trinajstić information content (AvgIpc) is 2.81. The van der Waals surface area contributed by atoms with Crippen LogP contribution >= 0.6 is 11.6 Å². The van der Waals surface area contributed by atoms with E-state index in [1.54, 1.807) is 18.2 Å². The molecule has 2 aromatic rings. The first-order chi connectivity index (χ1) is 11.5. The molecule has 1 aromatic heterocycles. The zero-order valence-corrected chi connectivity index (χ0v) is 13.5. The number of amides is 2. The van der Waals surface area contributed by atoms with Crippen LogP contribution in [0.3, 0.4) is 0 Å². The third-order valence-corrected chi connectivity index (χ3v) is 3.89. The van der Waals surface area contributed by atoms with Crippen molar-refractivity contribution in [2.45, 2.75) is 13.3 Å². The lowest BCUT2D eigenvalue weighted by Crippen LogP contribution is -2.24. The number of nitrogen functional groups attached to an aromatic ring is 1. The molecule has 0 aliphatic carbocycles. The third-order valence-electron chi connectivity index (χ3n) is 3.59. The van der Waals surface area contributed by atoms with Crippen LogP contribution in [0, 0.1) is 0 Å². The molecule has 24 heavy (non-hydrogen) atoms. The Kier molecular flexibility index (Phi) is 4.02. The van der Waals surface area contributed by atoms with Crippen LogP contribution in [-0.4, -0.2) is 23.0 Å². The largest absolute Gasteiger partial charge is 0.490 e. The first-order valence-electron chi connectivity index (χ1n) is 7.28. The third kappa shape index (κ3) is 2.43. The second-order valence-electron chi connectivity index (χ2n) is 5.21. The van der Waals surface area contributed by atoms with Crippen LogP contribution in [0.5, 0.6) is 5.75 Å². The zero-order valence-electron chi connectivity index (χ0n) is 12.8. The summed E-state index contributed by atoms with van der Waals surface area (Å²) in [7, 11) is 0. The minimum absolute atomic E-state index is 0.0268. The van der Waals surface area contributed by atoms with E-state index in [9.17, 15) is 14.4 Å². The van der Waals surface area contributed by atoms with Crippen LogP contribution < -0.4 is 21.3 Å². The molecule has 2 heterocycles. The molecule has 2 amide bonds. The Hall–Kier alpha value is -2.80. The molecular weight excluding hydrogens is 334 g/mol. The van der Waals surface area contributed by atoms with E-state index in [1.807, 2.05) is 6.92 Å². The number of nitrogens with zero attached hydrogens (tertiary/aromatic N) is 1. The number of nitrogens with one attached hydrogen (secondary N) is 1. The zero-order chi connectivity index (χ0) is 17.4. The summed E-state index contributed by atoms with van der Waals surface area (Å²) >= 11 is 6.17. The first-order valence-corrected chi connectivity index (χ1v) is 7.66. The molecule has 3 N–H and O–H groups in total. The quantitative estimate of drug-likeness (QED) is 0.820. The van der Waals surface area contributed by atoms with E-state index in [-0.39, 0.29) is 16.9 Å². The first kappa shape index (κ1) is 16.1. The number of halogens is 1. The van der Waals surface area contributed by atoms with Crippen molar-refractivity contribution in [3.05, 3.63) is 50.8 Å². The standard InChI is InChI=1S/C16H14ClN3O4/c1-2-6-24-13-9(17)4-3-5-10(13)20-11(21)7-8-12(14(20)18)16(23)19-15(8)22/h3-5,7H,2,6,18H2,1H3,(H,19,22,23). The average molecular weight is 348 g/mol. The summed E-state index contributed by atoms with van der Waals surface area (Å²) in [5.74, 6) is -1.12. The Balaban J connectivity index is 2.28. The number of ether oxygens (including phenoxy) is 1. The number of rotatable bonds is 4. The Morgan fingerprint density at radius 2 is 2.00 bits per heavy atom. The van der Waals surface area contributed by atoms with E-state index < -0.39 is 17.4 Å². The van der Waals surface area contributed by atoms with Crippen molar-refractivity contribution in [3.63, 3.8) is 0 Å². The molecule has 0 saturated carbocycles. The van der Waals surface area contributed by atoms with Crippen LogP contribution in [0.2, 0.25) is 5.02 Å². The molecule has 0 radical (unpaired) electrons. The molecule has 3 rings (SSSR count). The molecule has 1 aliphatic rings. The number of aromatic nitrogens is 1. The van der Waals surface area contributed by atoms with Crippen LogP contribution in [0.4, 0.5) is 5.82 Å². The molecule has 1 aliphatic heterocycles. The molecule has 0 fully saturated rings. The van der Waals surface area contributed by atoms with Crippen LogP contribution in [-0.2, 0) is 0 Å². The van der Waals surface area contributed by atoms with Gasteiger partial charge in [-0.1, -0.05) is 24.6 Å². The second kappa shape index (κ2) is 6.01. The lowest BCUT2D eigenvalue weighted by Gasteiger charge is -2.17. The smallest absolute Gasteiger partial charge is 0.262 e. The SMILES string of the molecule is CCCOc1c(Cl)cccc1-n1c(N)c2c(cc1=O)C(=O)NC2=O. The van der Waals surface area contributed by atoms with Crippen molar-refractivity contribution in [2.24, 2.45) is 0 Å². The van der Waals surface area contributed by atoms with Gasteiger partial charge in [-0.3, -0.25) is 24.3 Å². The molecule has 0 saturated heterocycles. The van der Waals surface area contributed by atoms with Gasteiger partial charge in [0, 0.05) is 6.07 Å². The highest BCUT2D eigenvalue weighted by Gasteiger charge is 2.32. The minimum Gasteiger partial charge on any atom is -0.490 e. The molecule has 0 spiro atoms. The highest BCUT2D eigenvalue weighted by molar-refractivity contribution is 6.32. The number of pyridine rings is 1. The summed E-state index contributed by atoms with van der Waals surface area (Å²) in [6, 6.07) is 5.95. The molecule has 7 nitrogen and oxygen atoms in total. The van der Waals surface area contributed by atoms with Crippen molar-refractivity contribution >= 4 is 29.2 Å². The Labute approximate surface area is 142 Å². The molecular formula is C16H14ClN3O4. The second-order valence-corrected chi connectivity index (χ2v) is 5.62. The predicted octanol–water partition coefficient (Wildman–Crippen LogP) is 1.75. The number of nitrogens with two attached hydrogens (primary N) is 1. The van der Waals surface area contributed by atoms with Gasteiger partial charge in [0.15, 0.2) is 5.75 Å². The number of benzene rings is 1. The highest BCUT2D eigenvalue weighted by atomic mass is 35.5. The van der Waals surface area contributed by atoms with Gasteiger partial charge in [-0.15, -0.1) is 0 Å². The Bertz CT molecular complexity index is 920. The van der Waals surface area contributed by atoms with Crippen LogP contribution in [0.15, 0.2) is 29.1 Å². The fraction of sp³-hybridized carbons (Fsp3) is 0.188. The van der Waals surface area contributed by atoms with Gasteiger partial charge in [0.05, 0.1) is 28.4 Å². The fourth-order valence-corrected chi connectivity index (χ4v) is 2.77. The number of para-hydroxylation sites is 1. The molecule has 0 unspecified atom stereocenters. The van der Waals surface area contributed by atoms with E-state index in [4.69, 9.17) is 22.1 Å². The fourth-order valence-electron chi connectivity index (χ4n) is 2.55. The Morgan fingerprint density at radius 1 is 1.25 bits per heavy atom. The predicted molar refractivity (Wildman–Crippen MR) is 89.0 cm³/mol. The van der Waals surface area contributed by atoms with Crippen molar-refractivity contribution in [3.8, 4) is 11.4 Å². The van der Waals surface area contributed by atoms with Gasteiger partial charge in [-0.25, -0.2) is 0 Å². The normalized spacial score (nSPS) is 12.9. The van der Waals surface area contributed by atoms with Crippen molar-refractivity contribution in [2.75, 3.05) is 12.3 Å². The van der Waals surface area contributed by atoms with Crippen LogP contribution in [0.25, 0.3) is 5.69 Å². The van der Waals surface area contributed by atoms with E-state index >= 15 is 0 Å². The molecule has 124 valence electrons. The number of imide groups is 1.